The lowest BCUT2D eigenvalue weighted by molar-refractivity contribution is -0.116. The van der Waals surface area contributed by atoms with E-state index in [0.29, 0.717) is 13.0 Å². The Labute approximate surface area is 120 Å². The molecule has 0 radical (unpaired) electrons. The van der Waals surface area contributed by atoms with Gasteiger partial charge in [-0.05, 0) is 46.0 Å². The molecule has 0 saturated heterocycles. The number of thiophene rings is 1. The first-order valence-electron chi connectivity index (χ1n) is 5.75. The van der Waals surface area contributed by atoms with Gasteiger partial charge in [-0.2, -0.15) is 0 Å². The third-order valence-electron chi connectivity index (χ3n) is 2.52. The van der Waals surface area contributed by atoms with Crippen LogP contribution in [0.4, 0.5) is 0 Å². The Morgan fingerprint density at radius 1 is 1.56 bits per heavy atom. The Morgan fingerprint density at radius 3 is 2.83 bits per heavy atom. The summed E-state index contributed by atoms with van der Waals surface area (Å²) < 4.78 is 1.05. The molecule has 0 aliphatic carbocycles. The van der Waals surface area contributed by atoms with Crippen LogP contribution in [0.3, 0.4) is 0 Å². The van der Waals surface area contributed by atoms with Crippen LogP contribution < -0.4 is 5.32 Å². The maximum absolute atomic E-state index is 11.6. The van der Waals surface area contributed by atoms with Gasteiger partial charge in [0.05, 0.1) is 3.79 Å². The van der Waals surface area contributed by atoms with Gasteiger partial charge in [0.1, 0.15) is 0 Å². The summed E-state index contributed by atoms with van der Waals surface area (Å²) in [6.07, 6.45) is 4.01. The quantitative estimate of drug-likeness (QED) is 0.787. The Bertz CT molecular complexity index is 426. The summed E-state index contributed by atoms with van der Waals surface area (Å²) in [7, 11) is 0. The van der Waals surface area contributed by atoms with Crippen LogP contribution in [0.2, 0.25) is 0 Å². The van der Waals surface area contributed by atoms with Gasteiger partial charge in [0.25, 0.3) is 0 Å². The lowest BCUT2D eigenvalue weighted by atomic mass is 9.90. The Hall–Kier alpha value is -0.650. The molecule has 0 atom stereocenters. The topological polar surface area (TPSA) is 49.3 Å². The van der Waals surface area contributed by atoms with Crippen molar-refractivity contribution >= 4 is 39.2 Å². The third-order valence-corrected chi connectivity index (χ3v) is 4.11. The second-order valence-electron chi connectivity index (χ2n) is 4.83. The average molecular weight is 332 g/mol. The number of nitrogens with one attached hydrogen (secondary N) is 1. The minimum atomic E-state index is -0.106. The van der Waals surface area contributed by atoms with Crippen molar-refractivity contribution in [2.45, 2.75) is 20.3 Å². The van der Waals surface area contributed by atoms with Gasteiger partial charge >= 0.3 is 0 Å². The Balaban J connectivity index is 2.40. The van der Waals surface area contributed by atoms with E-state index in [-0.39, 0.29) is 17.9 Å². The number of rotatable bonds is 6. The molecular formula is C13H18BrNO2S. The number of hydrogen-bond donors (Lipinski definition) is 2. The number of carbonyl (C=O) groups is 1. The zero-order valence-electron chi connectivity index (χ0n) is 10.6. The van der Waals surface area contributed by atoms with E-state index in [4.69, 9.17) is 5.11 Å². The number of aliphatic hydroxyl groups is 1. The van der Waals surface area contributed by atoms with Crippen LogP contribution in [0.1, 0.15) is 25.1 Å². The van der Waals surface area contributed by atoms with E-state index in [1.54, 1.807) is 17.4 Å². The Kier molecular flexibility index (Phi) is 6.05. The fraction of sp³-hybridized carbons (Fsp3) is 0.462. The lowest BCUT2D eigenvalue weighted by Crippen LogP contribution is -2.33. The van der Waals surface area contributed by atoms with Gasteiger partial charge in [0, 0.05) is 24.1 Å². The van der Waals surface area contributed by atoms with Gasteiger partial charge in [-0.1, -0.05) is 13.8 Å². The average Bonchev–Trinajstić information content (AvgIpc) is 2.70. The molecule has 1 aromatic rings. The zero-order chi connectivity index (χ0) is 13.6. The van der Waals surface area contributed by atoms with Crippen molar-refractivity contribution < 1.29 is 9.90 Å². The van der Waals surface area contributed by atoms with Crippen LogP contribution >= 0.6 is 27.3 Å². The number of hydrogen-bond acceptors (Lipinski definition) is 3. The van der Waals surface area contributed by atoms with Crippen molar-refractivity contribution in [1.82, 2.24) is 5.32 Å². The number of carbonyl (C=O) groups excluding carboxylic acids is 1. The molecule has 1 rings (SSSR count). The van der Waals surface area contributed by atoms with Gasteiger partial charge in [-0.15, -0.1) is 11.3 Å². The monoisotopic (exact) mass is 331 g/mol. The third kappa shape index (κ3) is 5.80. The fourth-order valence-electron chi connectivity index (χ4n) is 1.35. The molecule has 0 aliphatic heterocycles. The maximum atomic E-state index is 11.6. The smallest absolute Gasteiger partial charge is 0.244 e. The molecule has 2 N–H and O–H groups in total. The van der Waals surface area contributed by atoms with Crippen molar-refractivity contribution in [2.75, 3.05) is 13.2 Å². The van der Waals surface area contributed by atoms with E-state index in [1.807, 2.05) is 26.0 Å². The standard InChI is InChI=1S/C13H18BrNO2S/c1-13(2,7-8-16)9-15-12(17)6-4-10-3-5-11(14)18-10/h3-6,16H,7-9H2,1-2H3,(H,15,17)/b6-4+. The van der Waals surface area contributed by atoms with Gasteiger partial charge in [0.2, 0.25) is 5.91 Å². The predicted molar refractivity (Wildman–Crippen MR) is 79.5 cm³/mol. The molecular weight excluding hydrogens is 314 g/mol. The summed E-state index contributed by atoms with van der Waals surface area (Å²) in [6, 6.07) is 3.90. The minimum Gasteiger partial charge on any atom is -0.396 e. The number of halogens is 1. The van der Waals surface area contributed by atoms with E-state index in [0.717, 1.165) is 8.66 Å². The van der Waals surface area contributed by atoms with Crippen LogP contribution in [0, 0.1) is 5.41 Å². The molecule has 0 aromatic carbocycles. The van der Waals surface area contributed by atoms with Crippen molar-refractivity contribution in [3.63, 3.8) is 0 Å². The first-order chi connectivity index (χ1) is 8.43. The SMILES string of the molecule is CC(C)(CCO)CNC(=O)/C=C/c1ccc(Br)s1. The summed E-state index contributed by atoms with van der Waals surface area (Å²) in [4.78, 5) is 12.6. The van der Waals surface area contributed by atoms with Crippen LogP contribution in [0.5, 0.6) is 0 Å². The molecule has 0 unspecified atom stereocenters. The highest BCUT2D eigenvalue weighted by Crippen LogP contribution is 2.23. The summed E-state index contributed by atoms with van der Waals surface area (Å²) in [5.74, 6) is -0.106. The molecule has 5 heteroatoms. The molecule has 0 bridgehead atoms. The van der Waals surface area contributed by atoms with E-state index < -0.39 is 0 Å². The van der Waals surface area contributed by atoms with Crippen LogP contribution in [-0.2, 0) is 4.79 Å². The summed E-state index contributed by atoms with van der Waals surface area (Å²) in [5.41, 5.74) is -0.0792. The van der Waals surface area contributed by atoms with Crippen molar-refractivity contribution in [3.8, 4) is 0 Å². The highest BCUT2D eigenvalue weighted by Gasteiger charge is 2.17. The highest BCUT2D eigenvalue weighted by atomic mass is 79.9. The summed E-state index contributed by atoms with van der Waals surface area (Å²) in [6.45, 7) is 4.74. The second-order valence-corrected chi connectivity index (χ2v) is 7.33. The molecule has 1 heterocycles. The summed E-state index contributed by atoms with van der Waals surface area (Å²) in [5, 5.41) is 11.7. The molecule has 1 amide bonds. The molecule has 0 spiro atoms. The van der Waals surface area contributed by atoms with Crippen molar-refractivity contribution in [3.05, 3.63) is 26.9 Å². The first kappa shape index (κ1) is 15.4. The molecule has 0 saturated carbocycles. The Morgan fingerprint density at radius 2 is 2.28 bits per heavy atom. The number of aliphatic hydroxyl groups excluding tert-OH is 1. The van der Waals surface area contributed by atoms with Gasteiger partial charge < -0.3 is 10.4 Å². The normalized spacial score (nSPS) is 12.0. The highest BCUT2D eigenvalue weighted by molar-refractivity contribution is 9.11. The molecule has 0 fully saturated rings. The molecule has 3 nitrogen and oxygen atoms in total. The fourth-order valence-corrected chi connectivity index (χ4v) is 2.68. The van der Waals surface area contributed by atoms with Crippen molar-refractivity contribution in [1.29, 1.82) is 0 Å². The van der Waals surface area contributed by atoms with Crippen molar-refractivity contribution in [2.24, 2.45) is 5.41 Å². The predicted octanol–water partition coefficient (Wildman–Crippen LogP) is 3.05. The van der Waals surface area contributed by atoms with Crippen LogP contribution in [-0.4, -0.2) is 24.2 Å². The van der Waals surface area contributed by atoms with Gasteiger partial charge in [-0.25, -0.2) is 0 Å². The second kappa shape index (κ2) is 7.07. The molecule has 0 aliphatic rings. The van der Waals surface area contributed by atoms with E-state index >= 15 is 0 Å². The largest absolute Gasteiger partial charge is 0.396 e. The van der Waals surface area contributed by atoms with E-state index in [1.165, 1.54) is 6.08 Å². The minimum absolute atomic E-state index is 0.0792. The van der Waals surface area contributed by atoms with Gasteiger partial charge in [0.15, 0.2) is 0 Å². The van der Waals surface area contributed by atoms with E-state index in [2.05, 4.69) is 21.2 Å². The maximum Gasteiger partial charge on any atom is 0.244 e. The van der Waals surface area contributed by atoms with E-state index in [9.17, 15) is 4.79 Å². The molecule has 1 aromatic heterocycles. The summed E-state index contributed by atoms with van der Waals surface area (Å²) >= 11 is 4.95. The van der Waals surface area contributed by atoms with Crippen LogP contribution in [0.25, 0.3) is 6.08 Å². The number of amides is 1. The molecule has 100 valence electrons. The molecule has 18 heavy (non-hydrogen) atoms. The van der Waals surface area contributed by atoms with Gasteiger partial charge in [-0.3, -0.25) is 4.79 Å². The first-order valence-corrected chi connectivity index (χ1v) is 7.36. The van der Waals surface area contributed by atoms with Crippen LogP contribution in [0.15, 0.2) is 22.0 Å². The zero-order valence-corrected chi connectivity index (χ0v) is 13.0. The lowest BCUT2D eigenvalue weighted by Gasteiger charge is -2.23.